The first-order valence-electron chi connectivity index (χ1n) is 7.81. The molecule has 1 N–H and O–H groups in total. The summed E-state index contributed by atoms with van der Waals surface area (Å²) in [6.45, 7) is 0. The number of para-hydroxylation sites is 1. The van der Waals surface area contributed by atoms with Crippen molar-refractivity contribution in [2.24, 2.45) is 0 Å². The van der Waals surface area contributed by atoms with Crippen molar-refractivity contribution in [1.29, 1.82) is 10.5 Å². The molecule has 0 fully saturated rings. The van der Waals surface area contributed by atoms with E-state index in [9.17, 15) is 10.5 Å². The van der Waals surface area contributed by atoms with Gasteiger partial charge in [0.1, 0.15) is 17.7 Å². The lowest BCUT2D eigenvalue weighted by Gasteiger charge is -2.13. The van der Waals surface area contributed by atoms with E-state index in [-0.39, 0.29) is 11.4 Å². The quantitative estimate of drug-likeness (QED) is 0.576. The number of aromatic nitrogens is 2. The summed E-state index contributed by atoms with van der Waals surface area (Å²) in [4.78, 5) is 8.55. The Morgan fingerprint density at radius 3 is 2.58 bits per heavy atom. The van der Waals surface area contributed by atoms with Crippen LogP contribution in [0.25, 0.3) is 32.6 Å². The number of hydrogen-bond donors (Lipinski definition) is 1. The zero-order valence-corrected chi connectivity index (χ0v) is 14.6. The lowest BCUT2D eigenvalue weighted by atomic mass is 9.96. The molecule has 26 heavy (non-hydrogen) atoms. The van der Waals surface area contributed by atoms with Crippen molar-refractivity contribution in [3.05, 3.63) is 59.1 Å². The van der Waals surface area contributed by atoms with E-state index in [0.29, 0.717) is 16.8 Å². The average Bonchev–Trinajstić information content (AvgIpc) is 3.36. The average molecular weight is 356 g/mol. The first-order valence-corrected chi connectivity index (χ1v) is 8.69. The third kappa shape index (κ3) is 2.33. The number of nitrogens with zero attached hydrogens (tertiary/aromatic N) is 3. The summed E-state index contributed by atoms with van der Waals surface area (Å²) in [5.74, 6) is 0.218. The van der Waals surface area contributed by atoms with Gasteiger partial charge in [0.15, 0.2) is 0 Å². The Hall–Kier alpha value is -3.61. The molecule has 124 valence electrons. The Bertz CT molecular complexity index is 1190. The Labute approximate surface area is 153 Å². The second-order valence-electron chi connectivity index (χ2n) is 5.54. The minimum Gasteiger partial charge on any atom is -0.480 e. The van der Waals surface area contributed by atoms with Gasteiger partial charge in [0.25, 0.3) is 0 Å². The number of ether oxygens (including phenoxy) is 1. The summed E-state index contributed by atoms with van der Waals surface area (Å²) in [5, 5.41) is 22.4. The maximum atomic E-state index is 9.91. The van der Waals surface area contributed by atoms with Gasteiger partial charge in [-0.1, -0.05) is 24.3 Å². The predicted octanol–water partition coefficient (Wildman–Crippen LogP) is 4.71. The summed E-state index contributed by atoms with van der Waals surface area (Å²) in [5.41, 5.74) is 3.47. The molecule has 4 aromatic rings. The minimum atomic E-state index is 0.218. The van der Waals surface area contributed by atoms with Crippen LogP contribution in [-0.4, -0.2) is 17.1 Å². The summed E-state index contributed by atoms with van der Waals surface area (Å²) < 4.78 is 5.38. The van der Waals surface area contributed by atoms with Crippen molar-refractivity contribution in [2.45, 2.75) is 0 Å². The molecule has 1 aromatic carbocycles. The molecule has 0 saturated carbocycles. The molecule has 0 aliphatic heterocycles. The van der Waals surface area contributed by atoms with Crippen molar-refractivity contribution in [2.75, 3.05) is 7.11 Å². The van der Waals surface area contributed by atoms with Crippen LogP contribution in [0.15, 0.2) is 48.0 Å². The first-order chi connectivity index (χ1) is 12.8. The van der Waals surface area contributed by atoms with Crippen LogP contribution in [0.5, 0.6) is 5.88 Å². The van der Waals surface area contributed by atoms with Gasteiger partial charge in [-0.05, 0) is 17.5 Å². The molecular weight excluding hydrogens is 344 g/mol. The van der Waals surface area contributed by atoms with Crippen LogP contribution in [0.4, 0.5) is 0 Å². The molecular formula is C20H12N4OS. The van der Waals surface area contributed by atoms with E-state index in [1.165, 1.54) is 18.4 Å². The number of fused-ring (bicyclic) bond motifs is 1. The van der Waals surface area contributed by atoms with E-state index >= 15 is 0 Å². The van der Waals surface area contributed by atoms with Crippen LogP contribution in [0, 0.1) is 22.7 Å². The van der Waals surface area contributed by atoms with Crippen LogP contribution >= 0.6 is 11.3 Å². The molecule has 0 aliphatic carbocycles. The van der Waals surface area contributed by atoms with E-state index in [1.54, 1.807) is 0 Å². The van der Waals surface area contributed by atoms with Gasteiger partial charge in [-0.3, -0.25) is 0 Å². The summed E-state index contributed by atoms with van der Waals surface area (Å²) in [6, 6.07) is 16.0. The molecule has 0 amide bonds. The molecule has 3 heterocycles. The van der Waals surface area contributed by atoms with Crippen molar-refractivity contribution in [3.63, 3.8) is 0 Å². The number of hydrogen-bond acceptors (Lipinski definition) is 5. The standard InChI is InChI=1S/C20H12N4OS/c1-25-20-14(10-22)18(17-7-4-8-26-17)13(9-21)19(24-20)15-11-23-16-6-3-2-5-12(15)16/h2-8,11,23H,1H3. The smallest absolute Gasteiger partial charge is 0.232 e. The van der Waals surface area contributed by atoms with Gasteiger partial charge < -0.3 is 9.72 Å². The van der Waals surface area contributed by atoms with Gasteiger partial charge in [0.05, 0.1) is 18.4 Å². The fourth-order valence-electron chi connectivity index (χ4n) is 3.05. The topological polar surface area (TPSA) is 85.5 Å². The highest BCUT2D eigenvalue weighted by Gasteiger charge is 2.24. The molecule has 0 atom stereocenters. The summed E-state index contributed by atoms with van der Waals surface area (Å²) in [6.07, 6.45) is 1.83. The molecule has 0 saturated heterocycles. The van der Waals surface area contributed by atoms with E-state index in [0.717, 1.165) is 21.3 Å². The van der Waals surface area contributed by atoms with Crippen molar-refractivity contribution in [3.8, 4) is 39.7 Å². The number of methoxy groups -OCH3 is 1. The van der Waals surface area contributed by atoms with Crippen molar-refractivity contribution in [1.82, 2.24) is 9.97 Å². The van der Waals surface area contributed by atoms with Crippen molar-refractivity contribution < 1.29 is 4.74 Å². The maximum Gasteiger partial charge on any atom is 0.232 e. The SMILES string of the molecule is COc1nc(-c2c[nH]c3ccccc23)c(C#N)c(-c2cccs2)c1C#N. The highest BCUT2D eigenvalue weighted by atomic mass is 32.1. The predicted molar refractivity (Wildman–Crippen MR) is 101 cm³/mol. The van der Waals surface area contributed by atoms with Crippen molar-refractivity contribution >= 4 is 22.2 Å². The molecule has 5 nitrogen and oxygen atoms in total. The molecule has 4 rings (SSSR count). The van der Waals surface area contributed by atoms with Gasteiger partial charge in [0, 0.05) is 33.1 Å². The number of thiophene rings is 1. The number of aromatic amines is 1. The number of benzene rings is 1. The fraction of sp³-hybridized carbons (Fsp3) is 0.0500. The van der Waals surface area contributed by atoms with Crippen LogP contribution in [0.3, 0.4) is 0 Å². The molecule has 3 aromatic heterocycles. The lowest BCUT2D eigenvalue weighted by Crippen LogP contribution is -2.01. The second kappa shape index (κ2) is 6.36. The number of nitriles is 2. The van der Waals surface area contributed by atoms with E-state index in [4.69, 9.17) is 4.74 Å². The van der Waals surface area contributed by atoms with Crippen LogP contribution < -0.4 is 4.74 Å². The molecule has 0 bridgehead atoms. The zero-order chi connectivity index (χ0) is 18.1. The minimum absolute atomic E-state index is 0.218. The lowest BCUT2D eigenvalue weighted by molar-refractivity contribution is 0.397. The first kappa shape index (κ1) is 15.9. The fourth-order valence-corrected chi connectivity index (χ4v) is 3.84. The zero-order valence-electron chi connectivity index (χ0n) is 13.8. The third-order valence-corrected chi connectivity index (χ3v) is 5.08. The van der Waals surface area contributed by atoms with Crippen LogP contribution in [-0.2, 0) is 0 Å². The normalized spacial score (nSPS) is 10.4. The van der Waals surface area contributed by atoms with E-state index in [1.807, 2.05) is 48.0 Å². The number of H-pyrrole nitrogens is 1. The Morgan fingerprint density at radius 2 is 1.88 bits per heavy atom. The largest absolute Gasteiger partial charge is 0.480 e. The van der Waals surface area contributed by atoms with E-state index < -0.39 is 0 Å². The van der Waals surface area contributed by atoms with Gasteiger partial charge in [0.2, 0.25) is 5.88 Å². The second-order valence-corrected chi connectivity index (χ2v) is 6.49. The van der Waals surface area contributed by atoms with Gasteiger partial charge in [-0.25, -0.2) is 4.98 Å². The highest BCUT2D eigenvalue weighted by Crippen LogP contribution is 2.40. The van der Waals surface area contributed by atoms with Crippen LogP contribution in [0.1, 0.15) is 11.1 Å². The number of nitrogens with one attached hydrogen (secondary N) is 1. The van der Waals surface area contributed by atoms with Gasteiger partial charge >= 0.3 is 0 Å². The third-order valence-electron chi connectivity index (χ3n) is 4.19. The molecule has 0 unspecified atom stereocenters. The summed E-state index contributed by atoms with van der Waals surface area (Å²) >= 11 is 1.47. The van der Waals surface area contributed by atoms with Gasteiger partial charge in [-0.15, -0.1) is 11.3 Å². The number of pyridine rings is 1. The molecule has 0 radical (unpaired) electrons. The Balaban J connectivity index is 2.13. The Kier molecular flexibility index (Phi) is 3.89. The number of rotatable bonds is 3. The van der Waals surface area contributed by atoms with E-state index in [2.05, 4.69) is 22.1 Å². The highest BCUT2D eigenvalue weighted by molar-refractivity contribution is 7.13. The van der Waals surface area contributed by atoms with Crippen LogP contribution in [0.2, 0.25) is 0 Å². The molecule has 6 heteroatoms. The monoisotopic (exact) mass is 356 g/mol. The molecule has 0 aliphatic rings. The Morgan fingerprint density at radius 1 is 1.08 bits per heavy atom. The molecule has 0 spiro atoms. The maximum absolute atomic E-state index is 9.91. The summed E-state index contributed by atoms with van der Waals surface area (Å²) in [7, 11) is 1.48. The van der Waals surface area contributed by atoms with Gasteiger partial charge in [-0.2, -0.15) is 10.5 Å².